The van der Waals surface area contributed by atoms with Crippen molar-refractivity contribution in [3.8, 4) is 0 Å². The zero-order chi connectivity index (χ0) is 14.7. The van der Waals surface area contributed by atoms with Crippen LogP contribution in [0.25, 0.3) is 0 Å². The van der Waals surface area contributed by atoms with E-state index in [0.717, 1.165) is 5.95 Å². The number of rotatable bonds is 5. The van der Waals surface area contributed by atoms with Gasteiger partial charge in [0.2, 0.25) is 5.95 Å². The zero-order valence-corrected chi connectivity index (χ0v) is 12.7. The fourth-order valence-electron chi connectivity index (χ4n) is 3.21. The molecule has 2 aromatic rings. The Bertz CT molecular complexity index is 593. The van der Waals surface area contributed by atoms with Gasteiger partial charge in [-0.3, -0.25) is 0 Å². The Kier molecular flexibility index (Phi) is 4.25. The Morgan fingerprint density at radius 2 is 2.29 bits per heavy atom. The van der Waals surface area contributed by atoms with Crippen molar-refractivity contribution < 1.29 is 4.74 Å². The van der Waals surface area contributed by atoms with Gasteiger partial charge in [-0.2, -0.15) is 0 Å². The predicted molar refractivity (Wildman–Crippen MR) is 84.7 cm³/mol. The molecule has 3 rings (SSSR count). The Hall–Kier alpha value is -1.81. The third kappa shape index (κ3) is 2.95. The zero-order valence-electron chi connectivity index (χ0n) is 12.7. The molecule has 0 fully saturated rings. The number of fused-ring (bicyclic) bond motifs is 1. The molecule has 0 radical (unpaired) electrons. The van der Waals surface area contributed by atoms with Crippen LogP contribution in [-0.4, -0.2) is 29.3 Å². The number of nitrogens with one attached hydrogen (secondary N) is 1. The molecular formula is C17H23N3O. The number of aromatic nitrogens is 2. The predicted octanol–water partition coefficient (Wildman–Crippen LogP) is 3.26. The summed E-state index contributed by atoms with van der Waals surface area (Å²) in [5.41, 5.74) is 2.91. The van der Waals surface area contributed by atoms with Crippen molar-refractivity contribution in [3.05, 3.63) is 47.8 Å². The van der Waals surface area contributed by atoms with E-state index in [1.807, 2.05) is 6.20 Å². The van der Waals surface area contributed by atoms with Gasteiger partial charge in [0, 0.05) is 25.5 Å². The van der Waals surface area contributed by atoms with Gasteiger partial charge < -0.3 is 14.6 Å². The fraction of sp³-hybridized carbons (Fsp3) is 0.471. The Labute approximate surface area is 126 Å². The smallest absolute Gasteiger partial charge is 0.203 e. The highest BCUT2D eigenvalue weighted by molar-refractivity contribution is 5.37. The summed E-state index contributed by atoms with van der Waals surface area (Å²) in [5, 5.41) is 3.45. The molecule has 21 heavy (non-hydrogen) atoms. The molecule has 0 saturated carbocycles. The number of methoxy groups -OCH3 is 1. The molecule has 0 saturated heterocycles. The van der Waals surface area contributed by atoms with Crippen molar-refractivity contribution in [1.29, 1.82) is 0 Å². The number of nitrogens with zero attached hydrogens (tertiary/aromatic N) is 2. The van der Waals surface area contributed by atoms with Gasteiger partial charge >= 0.3 is 0 Å². The van der Waals surface area contributed by atoms with Gasteiger partial charge in [-0.25, -0.2) is 4.98 Å². The summed E-state index contributed by atoms with van der Waals surface area (Å²) in [6.07, 6.45) is 7.53. The number of aryl methyl sites for hydroxylation is 1. The topological polar surface area (TPSA) is 39.1 Å². The molecule has 1 aromatic carbocycles. The second-order valence-electron chi connectivity index (χ2n) is 5.77. The molecule has 1 aliphatic rings. The summed E-state index contributed by atoms with van der Waals surface area (Å²) in [6.45, 7) is 2.78. The standard InChI is InChI=1S/C17H23N3O/c1-13(12-21-2)19-17-18-10-11-20(17)16-9-5-7-14-6-3-4-8-15(14)16/h3-4,6,8,10-11,13,16H,5,7,9,12H2,1-2H3,(H,18,19). The van der Waals surface area contributed by atoms with E-state index in [9.17, 15) is 0 Å². The van der Waals surface area contributed by atoms with Crippen LogP contribution in [0.5, 0.6) is 0 Å². The third-order valence-electron chi connectivity index (χ3n) is 4.13. The maximum absolute atomic E-state index is 5.19. The number of benzene rings is 1. The monoisotopic (exact) mass is 285 g/mol. The quantitative estimate of drug-likeness (QED) is 0.916. The van der Waals surface area contributed by atoms with E-state index < -0.39 is 0 Å². The summed E-state index contributed by atoms with van der Waals surface area (Å²) >= 11 is 0. The van der Waals surface area contributed by atoms with Crippen molar-refractivity contribution in [1.82, 2.24) is 9.55 Å². The van der Waals surface area contributed by atoms with Crippen molar-refractivity contribution in [2.75, 3.05) is 19.0 Å². The van der Waals surface area contributed by atoms with Crippen molar-refractivity contribution in [2.24, 2.45) is 0 Å². The maximum atomic E-state index is 5.19. The first-order valence-corrected chi connectivity index (χ1v) is 7.65. The van der Waals surface area contributed by atoms with Crippen LogP contribution in [0, 0.1) is 0 Å². The van der Waals surface area contributed by atoms with Crippen molar-refractivity contribution >= 4 is 5.95 Å². The summed E-state index contributed by atoms with van der Waals surface area (Å²) in [5.74, 6) is 0.932. The van der Waals surface area contributed by atoms with Gasteiger partial charge in [0.15, 0.2) is 0 Å². The van der Waals surface area contributed by atoms with Gasteiger partial charge in [-0.05, 0) is 37.3 Å². The first-order chi connectivity index (χ1) is 10.3. The Balaban J connectivity index is 1.87. The van der Waals surface area contributed by atoms with Crippen LogP contribution in [0.15, 0.2) is 36.7 Å². The summed E-state index contributed by atoms with van der Waals surface area (Å²) in [6, 6.07) is 9.40. The van der Waals surface area contributed by atoms with Crippen LogP contribution in [0.1, 0.15) is 36.9 Å². The van der Waals surface area contributed by atoms with Crippen LogP contribution in [0.2, 0.25) is 0 Å². The SMILES string of the molecule is COCC(C)Nc1nccn1C1CCCc2ccccc21. The molecule has 0 aliphatic heterocycles. The average molecular weight is 285 g/mol. The van der Waals surface area contributed by atoms with Crippen molar-refractivity contribution in [2.45, 2.75) is 38.3 Å². The molecule has 0 bridgehead atoms. The molecule has 1 heterocycles. The lowest BCUT2D eigenvalue weighted by molar-refractivity contribution is 0.190. The number of ether oxygens (including phenoxy) is 1. The third-order valence-corrected chi connectivity index (χ3v) is 4.13. The highest BCUT2D eigenvalue weighted by Gasteiger charge is 2.23. The van der Waals surface area contributed by atoms with E-state index in [1.54, 1.807) is 7.11 Å². The van der Waals surface area contributed by atoms with Gasteiger partial charge in [0.05, 0.1) is 12.6 Å². The maximum Gasteiger partial charge on any atom is 0.203 e. The molecule has 4 heteroatoms. The minimum absolute atomic E-state index is 0.245. The molecule has 1 aliphatic carbocycles. The van der Waals surface area contributed by atoms with Crippen LogP contribution in [0.4, 0.5) is 5.95 Å². The summed E-state index contributed by atoms with van der Waals surface area (Å²) < 4.78 is 7.46. The van der Waals surface area contributed by atoms with Gasteiger partial charge in [-0.1, -0.05) is 24.3 Å². The van der Waals surface area contributed by atoms with Gasteiger partial charge in [0.25, 0.3) is 0 Å². The molecule has 2 unspecified atom stereocenters. The number of imidazole rings is 1. The average Bonchev–Trinajstić information content (AvgIpc) is 2.95. The minimum Gasteiger partial charge on any atom is -0.383 e. The second-order valence-corrected chi connectivity index (χ2v) is 5.77. The molecular weight excluding hydrogens is 262 g/mol. The number of hydrogen-bond donors (Lipinski definition) is 1. The normalized spacial score (nSPS) is 19.0. The number of hydrogen-bond acceptors (Lipinski definition) is 3. The van der Waals surface area contributed by atoms with Crippen LogP contribution in [0.3, 0.4) is 0 Å². The molecule has 0 amide bonds. The fourth-order valence-corrected chi connectivity index (χ4v) is 3.21. The summed E-state index contributed by atoms with van der Waals surface area (Å²) in [4.78, 5) is 4.48. The van der Waals surface area contributed by atoms with E-state index >= 15 is 0 Å². The van der Waals surface area contributed by atoms with Crippen LogP contribution >= 0.6 is 0 Å². The molecule has 4 nitrogen and oxygen atoms in total. The van der Waals surface area contributed by atoms with Crippen LogP contribution < -0.4 is 5.32 Å². The lowest BCUT2D eigenvalue weighted by Gasteiger charge is -2.28. The molecule has 112 valence electrons. The van der Waals surface area contributed by atoms with E-state index in [0.29, 0.717) is 12.6 Å². The first kappa shape index (κ1) is 14.1. The molecule has 1 aromatic heterocycles. The highest BCUT2D eigenvalue weighted by Crippen LogP contribution is 2.34. The van der Waals surface area contributed by atoms with E-state index in [1.165, 1.54) is 30.4 Å². The highest BCUT2D eigenvalue weighted by atomic mass is 16.5. The summed E-state index contributed by atoms with van der Waals surface area (Å²) in [7, 11) is 1.72. The van der Waals surface area contributed by atoms with E-state index in [-0.39, 0.29) is 6.04 Å². The van der Waals surface area contributed by atoms with Gasteiger partial charge in [0.1, 0.15) is 0 Å². The number of anilines is 1. The van der Waals surface area contributed by atoms with E-state index in [2.05, 4.69) is 52.3 Å². The molecule has 1 N–H and O–H groups in total. The Morgan fingerprint density at radius 3 is 3.14 bits per heavy atom. The molecule has 0 spiro atoms. The van der Waals surface area contributed by atoms with Crippen LogP contribution in [-0.2, 0) is 11.2 Å². The van der Waals surface area contributed by atoms with Crippen molar-refractivity contribution in [3.63, 3.8) is 0 Å². The van der Waals surface area contributed by atoms with E-state index in [4.69, 9.17) is 4.74 Å². The molecule has 2 atom stereocenters. The lowest BCUT2D eigenvalue weighted by atomic mass is 9.87. The first-order valence-electron chi connectivity index (χ1n) is 7.65. The largest absolute Gasteiger partial charge is 0.383 e. The lowest BCUT2D eigenvalue weighted by Crippen LogP contribution is -2.25. The minimum atomic E-state index is 0.245. The second kappa shape index (κ2) is 6.31. The van der Waals surface area contributed by atoms with Gasteiger partial charge in [-0.15, -0.1) is 0 Å². The Morgan fingerprint density at radius 1 is 1.43 bits per heavy atom.